The van der Waals surface area contributed by atoms with E-state index in [1.807, 2.05) is 42.5 Å². The number of rotatable bonds is 6. The second kappa shape index (κ2) is 6.41. The zero-order chi connectivity index (χ0) is 15.4. The molecule has 5 heteroatoms. The summed E-state index contributed by atoms with van der Waals surface area (Å²) < 4.78 is 5.56. The Hall–Kier alpha value is -2.66. The number of hydrogen-bond donors (Lipinski definition) is 2. The fourth-order valence-corrected chi connectivity index (χ4v) is 2.27. The first-order valence-electron chi connectivity index (χ1n) is 7.09. The number of aromatic amines is 1. The fourth-order valence-electron chi connectivity index (χ4n) is 2.27. The molecule has 0 fully saturated rings. The maximum absolute atomic E-state index is 12.0. The highest BCUT2D eigenvalue weighted by Crippen LogP contribution is 2.20. The smallest absolute Gasteiger partial charge is 0.187 e. The molecule has 0 radical (unpaired) electrons. The number of nitrogens with zero attached hydrogens (tertiary/aromatic N) is 1. The van der Waals surface area contributed by atoms with Gasteiger partial charge in [-0.05, 0) is 22.9 Å². The van der Waals surface area contributed by atoms with E-state index in [4.69, 9.17) is 10.5 Å². The van der Waals surface area contributed by atoms with Crippen LogP contribution in [0, 0.1) is 0 Å². The van der Waals surface area contributed by atoms with E-state index in [-0.39, 0.29) is 12.4 Å². The average Bonchev–Trinajstić information content (AvgIpc) is 3.05. The van der Waals surface area contributed by atoms with E-state index in [1.54, 1.807) is 12.5 Å². The van der Waals surface area contributed by atoms with E-state index in [0.29, 0.717) is 12.2 Å². The number of aromatic nitrogens is 2. The van der Waals surface area contributed by atoms with Crippen molar-refractivity contribution in [3.05, 3.63) is 60.7 Å². The fraction of sp³-hybridized carbons (Fsp3) is 0.176. The predicted octanol–water partition coefficient (Wildman–Crippen LogP) is 2.08. The lowest BCUT2D eigenvalue weighted by Gasteiger charge is -2.11. The van der Waals surface area contributed by atoms with Gasteiger partial charge in [0, 0.05) is 18.3 Å². The first kappa shape index (κ1) is 14.3. The van der Waals surface area contributed by atoms with E-state index in [1.165, 1.54) is 0 Å². The van der Waals surface area contributed by atoms with Gasteiger partial charge in [0.1, 0.15) is 12.4 Å². The highest BCUT2D eigenvalue weighted by atomic mass is 16.5. The molecule has 0 unspecified atom stereocenters. The standard InChI is InChI=1S/C17H17N3O2/c18-16(8-14-9-19-11-20-14)17(21)10-22-15-6-5-12-3-1-2-4-13(12)7-15/h1-7,9,11,16H,8,10,18H2,(H,19,20)/t16-/m0/s1. The van der Waals surface area contributed by atoms with Gasteiger partial charge >= 0.3 is 0 Å². The summed E-state index contributed by atoms with van der Waals surface area (Å²) >= 11 is 0. The van der Waals surface area contributed by atoms with Crippen molar-refractivity contribution in [2.45, 2.75) is 12.5 Å². The number of ether oxygens (including phenoxy) is 1. The van der Waals surface area contributed by atoms with Crippen molar-refractivity contribution in [1.29, 1.82) is 0 Å². The van der Waals surface area contributed by atoms with Crippen LogP contribution in [0.4, 0.5) is 0 Å². The molecule has 0 spiro atoms. The summed E-state index contributed by atoms with van der Waals surface area (Å²) in [6.45, 7) is -0.0341. The van der Waals surface area contributed by atoms with Crippen LogP contribution in [-0.4, -0.2) is 28.4 Å². The summed E-state index contributed by atoms with van der Waals surface area (Å²) in [5.74, 6) is 0.531. The Balaban J connectivity index is 1.59. The lowest BCUT2D eigenvalue weighted by Crippen LogP contribution is -2.36. The number of imidazole rings is 1. The highest BCUT2D eigenvalue weighted by molar-refractivity contribution is 5.86. The van der Waals surface area contributed by atoms with Gasteiger partial charge in [-0.3, -0.25) is 4.79 Å². The second-order valence-corrected chi connectivity index (χ2v) is 5.15. The van der Waals surface area contributed by atoms with E-state index >= 15 is 0 Å². The van der Waals surface area contributed by atoms with Crippen molar-refractivity contribution in [3.8, 4) is 5.75 Å². The van der Waals surface area contributed by atoms with Crippen molar-refractivity contribution in [2.24, 2.45) is 5.73 Å². The van der Waals surface area contributed by atoms with Crippen molar-refractivity contribution in [3.63, 3.8) is 0 Å². The number of hydrogen-bond acceptors (Lipinski definition) is 4. The molecule has 0 saturated carbocycles. The molecule has 3 N–H and O–H groups in total. The quantitative estimate of drug-likeness (QED) is 0.729. The maximum atomic E-state index is 12.0. The largest absolute Gasteiger partial charge is 0.486 e. The molecule has 1 atom stereocenters. The van der Waals surface area contributed by atoms with Gasteiger partial charge in [-0.1, -0.05) is 30.3 Å². The minimum atomic E-state index is -0.596. The molecular weight excluding hydrogens is 278 g/mol. The van der Waals surface area contributed by atoms with Crippen LogP contribution in [0.25, 0.3) is 10.8 Å². The maximum Gasteiger partial charge on any atom is 0.187 e. The minimum absolute atomic E-state index is 0.0341. The number of nitrogens with one attached hydrogen (secondary N) is 1. The number of H-pyrrole nitrogens is 1. The topological polar surface area (TPSA) is 81.0 Å². The summed E-state index contributed by atoms with van der Waals surface area (Å²) in [7, 11) is 0. The molecule has 0 amide bonds. The third-order valence-electron chi connectivity index (χ3n) is 3.51. The van der Waals surface area contributed by atoms with Gasteiger partial charge in [0.25, 0.3) is 0 Å². The molecule has 3 rings (SSSR count). The Bertz CT molecular complexity index is 768. The van der Waals surface area contributed by atoms with Crippen LogP contribution in [0.2, 0.25) is 0 Å². The molecule has 112 valence electrons. The Kier molecular flexibility index (Phi) is 4.16. The molecule has 3 aromatic rings. The first-order valence-corrected chi connectivity index (χ1v) is 7.09. The average molecular weight is 295 g/mol. The highest BCUT2D eigenvalue weighted by Gasteiger charge is 2.15. The van der Waals surface area contributed by atoms with Gasteiger partial charge in [0.15, 0.2) is 5.78 Å². The van der Waals surface area contributed by atoms with Crippen molar-refractivity contribution in [2.75, 3.05) is 6.61 Å². The Labute approximate surface area is 128 Å². The van der Waals surface area contributed by atoms with E-state index in [9.17, 15) is 4.79 Å². The summed E-state index contributed by atoms with van der Waals surface area (Å²) in [6.07, 6.45) is 3.66. The molecule has 22 heavy (non-hydrogen) atoms. The number of carbonyl (C=O) groups excluding carboxylic acids is 1. The van der Waals surface area contributed by atoms with Gasteiger partial charge in [0.2, 0.25) is 0 Å². The van der Waals surface area contributed by atoms with Crippen LogP contribution in [0.15, 0.2) is 55.0 Å². The summed E-state index contributed by atoms with van der Waals surface area (Å²) in [6, 6.07) is 13.1. The Morgan fingerprint density at radius 1 is 1.23 bits per heavy atom. The molecule has 0 aliphatic carbocycles. The van der Waals surface area contributed by atoms with Gasteiger partial charge in [-0.25, -0.2) is 4.98 Å². The van der Waals surface area contributed by atoms with Gasteiger partial charge < -0.3 is 15.5 Å². The van der Waals surface area contributed by atoms with Crippen LogP contribution in [0.5, 0.6) is 5.75 Å². The number of fused-ring (bicyclic) bond motifs is 1. The van der Waals surface area contributed by atoms with Crippen LogP contribution in [-0.2, 0) is 11.2 Å². The summed E-state index contributed by atoms with van der Waals surface area (Å²) in [4.78, 5) is 18.9. The lowest BCUT2D eigenvalue weighted by atomic mass is 10.1. The molecule has 0 aliphatic heterocycles. The van der Waals surface area contributed by atoms with Crippen LogP contribution >= 0.6 is 0 Å². The molecule has 1 heterocycles. The van der Waals surface area contributed by atoms with Crippen LogP contribution in [0.3, 0.4) is 0 Å². The first-order chi connectivity index (χ1) is 10.7. The van der Waals surface area contributed by atoms with Gasteiger partial charge in [0.05, 0.1) is 12.4 Å². The third kappa shape index (κ3) is 3.32. The van der Waals surface area contributed by atoms with Crippen LogP contribution < -0.4 is 10.5 Å². The SMILES string of the molecule is N[C@@H](Cc1cnc[nH]1)C(=O)COc1ccc2ccccc2c1. The van der Waals surface area contributed by atoms with E-state index in [0.717, 1.165) is 16.5 Å². The second-order valence-electron chi connectivity index (χ2n) is 5.15. The summed E-state index contributed by atoms with van der Waals surface area (Å²) in [5.41, 5.74) is 6.73. The van der Waals surface area contributed by atoms with Gasteiger partial charge in [-0.2, -0.15) is 0 Å². The molecule has 0 saturated heterocycles. The Morgan fingerprint density at radius 3 is 2.82 bits per heavy atom. The van der Waals surface area contributed by atoms with Gasteiger partial charge in [-0.15, -0.1) is 0 Å². The number of ketones is 1. The zero-order valence-corrected chi connectivity index (χ0v) is 12.0. The molecular formula is C17H17N3O2. The molecule has 0 aliphatic rings. The zero-order valence-electron chi connectivity index (χ0n) is 12.0. The normalized spacial score (nSPS) is 12.2. The minimum Gasteiger partial charge on any atom is -0.486 e. The van der Waals surface area contributed by atoms with Crippen molar-refractivity contribution >= 4 is 16.6 Å². The third-order valence-corrected chi connectivity index (χ3v) is 3.51. The number of carbonyl (C=O) groups is 1. The van der Waals surface area contributed by atoms with E-state index < -0.39 is 6.04 Å². The lowest BCUT2D eigenvalue weighted by molar-refractivity contribution is -0.122. The Morgan fingerprint density at radius 2 is 2.05 bits per heavy atom. The number of Topliss-reactive ketones (excluding diaryl/α,β-unsaturated/α-hetero) is 1. The van der Waals surface area contributed by atoms with Crippen molar-refractivity contribution < 1.29 is 9.53 Å². The predicted molar refractivity (Wildman–Crippen MR) is 84.7 cm³/mol. The monoisotopic (exact) mass is 295 g/mol. The number of nitrogens with two attached hydrogens (primary N) is 1. The summed E-state index contributed by atoms with van der Waals surface area (Å²) in [5, 5.41) is 2.21. The molecule has 5 nitrogen and oxygen atoms in total. The number of benzene rings is 2. The molecule has 0 bridgehead atoms. The van der Waals surface area contributed by atoms with Crippen LogP contribution in [0.1, 0.15) is 5.69 Å². The molecule has 1 aromatic heterocycles. The van der Waals surface area contributed by atoms with E-state index in [2.05, 4.69) is 9.97 Å². The van der Waals surface area contributed by atoms with Crippen molar-refractivity contribution in [1.82, 2.24) is 9.97 Å². The molecule has 2 aromatic carbocycles.